The van der Waals surface area contributed by atoms with Crippen LogP contribution in [0.25, 0.3) is 6.08 Å². The van der Waals surface area contributed by atoms with E-state index in [2.05, 4.69) is 0 Å². The smallest absolute Gasteiger partial charge is 0.331 e. The molecule has 0 heterocycles. The molecule has 2 rings (SSSR count). The van der Waals surface area contributed by atoms with Crippen molar-refractivity contribution in [3.63, 3.8) is 0 Å². The summed E-state index contributed by atoms with van der Waals surface area (Å²) in [5.74, 6) is 0.320. The van der Waals surface area contributed by atoms with E-state index in [1.807, 2.05) is 24.3 Å². The minimum absolute atomic E-state index is 0.0300. The van der Waals surface area contributed by atoms with Crippen molar-refractivity contribution in [2.45, 2.75) is 31.8 Å². The standard InChI is InChI=1S/C16H18O4/c1-19-13-9-6-12(7-10-13)8-11-16(18)20-15-5-3-2-4-14(15)17/h6-11,15H,2-5H2,1H3/b11-8+/t15-/m0/s1. The molecule has 1 fully saturated rings. The van der Waals surface area contributed by atoms with Crippen LogP contribution in [0.2, 0.25) is 0 Å². The van der Waals surface area contributed by atoms with Crippen LogP contribution in [0.3, 0.4) is 0 Å². The van der Waals surface area contributed by atoms with E-state index in [0.717, 1.165) is 24.2 Å². The van der Waals surface area contributed by atoms with Crippen molar-refractivity contribution in [1.82, 2.24) is 0 Å². The van der Waals surface area contributed by atoms with Crippen LogP contribution in [0.1, 0.15) is 31.2 Å². The fraction of sp³-hybridized carbons (Fsp3) is 0.375. The second-order valence-electron chi connectivity index (χ2n) is 4.74. The average Bonchev–Trinajstić information content (AvgIpc) is 2.48. The summed E-state index contributed by atoms with van der Waals surface area (Å²) in [7, 11) is 1.60. The van der Waals surface area contributed by atoms with Crippen LogP contribution in [0, 0.1) is 0 Å². The molecule has 0 aromatic heterocycles. The molecule has 1 aromatic carbocycles. The summed E-state index contributed by atoms with van der Waals surface area (Å²) < 4.78 is 10.2. The first kappa shape index (κ1) is 14.3. The van der Waals surface area contributed by atoms with Gasteiger partial charge in [0.2, 0.25) is 0 Å². The van der Waals surface area contributed by atoms with E-state index in [4.69, 9.17) is 9.47 Å². The Kier molecular flexibility index (Phi) is 4.93. The summed E-state index contributed by atoms with van der Waals surface area (Å²) in [6.07, 6.45) is 5.44. The highest BCUT2D eigenvalue weighted by molar-refractivity contribution is 5.91. The summed E-state index contributed by atoms with van der Waals surface area (Å²) in [6, 6.07) is 7.31. The Bertz CT molecular complexity index is 502. The van der Waals surface area contributed by atoms with Crippen molar-refractivity contribution < 1.29 is 19.1 Å². The van der Waals surface area contributed by atoms with E-state index >= 15 is 0 Å². The van der Waals surface area contributed by atoms with Crippen molar-refractivity contribution in [2.75, 3.05) is 7.11 Å². The van der Waals surface area contributed by atoms with Crippen molar-refractivity contribution in [3.8, 4) is 5.75 Å². The van der Waals surface area contributed by atoms with Gasteiger partial charge in [-0.15, -0.1) is 0 Å². The van der Waals surface area contributed by atoms with E-state index in [9.17, 15) is 9.59 Å². The lowest BCUT2D eigenvalue weighted by molar-refractivity contribution is -0.152. The monoisotopic (exact) mass is 274 g/mol. The fourth-order valence-electron chi connectivity index (χ4n) is 2.13. The maximum Gasteiger partial charge on any atom is 0.331 e. The molecule has 0 radical (unpaired) electrons. The zero-order chi connectivity index (χ0) is 14.4. The van der Waals surface area contributed by atoms with Crippen molar-refractivity contribution in [3.05, 3.63) is 35.9 Å². The Hall–Kier alpha value is -2.10. The maximum absolute atomic E-state index is 11.7. The fourth-order valence-corrected chi connectivity index (χ4v) is 2.13. The molecular formula is C16H18O4. The van der Waals surface area contributed by atoms with Crippen LogP contribution in [-0.4, -0.2) is 25.0 Å². The zero-order valence-corrected chi connectivity index (χ0v) is 11.5. The number of Topliss-reactive ketones (excluding diaryl/α,β-unsaturated/α-hetero) is 1. The Morgan fingerprint density at radius 3 is 2.65 bits per heavy atom. The van der Waals surface area contributed by atoms with Gasteiger partial charge in [-0.25, -0.2) is 4.79 Å². The van der Waals surface area contributed by atoms with Gasteiger partial charge in [-0.1, -0.05) is 12.1 Å². The van der Waals surface area contributed by atoms with Gasteiger partial charge in [-0.05, 0) is 43.0 Å². The molecule has 1 aliphatic rings. The zero-order valence-electron chi connectivity index (χ0n) is 11.5. The topological polar surface area (TPSA) is 52.6 Å². The van der Waals surface area contributed by atoms with Crippen LogP contribution >= 0.6 is 0 Å². The Morgan fingerprint density at radius 1 is 1.25 bits per heavy atom. The van der Waals surface area contributed by atoms with Crippen LogP contribution in [0.4, 0.5) is 0 Å². The second-order valence-corrected chi connectivity index (χ2v) is 4.74. The summed E-state index contributed by atoms with van der Waals surface area (Å²) in [5, 5.41) is 0. The van der Waals surface area contributed by atoms with Gasteiger partial charge in [0.05, 0.1) is 7.11 Å². The highest BCUT2D eigenvalue weighted by Gasteiger charge is 2.24. The molecule has 1 aromatic rings. The molecule has 0 N–H and O–H groups in total. The number of esters is 1. The summed E-state index contributed by atoms with van der Waals surface area (Å²) >= 11 is 0. The normalized spacial score (nSPS) is 19.1. The Balaban J connectivity index is 1.89. The predicted octanol–water partition coefficient (Wildman–Crippen LogP) is 2.76. The molecule has 0 saturated heterocycles. The molecule has 1 aliphatic carbocycles. The molecule has 4 heteroatoms. The van der Waals surface area contributed by atoms with Crippen molar-refractivity contribution >= 4 is 17.8 Å². The van der Waals surface area contributed by atoms with Crippen LogP contribution < -0.4 is 4.74 Å². The summed E-state index contributed by atoms with van der Waals surface area (Å²) in [4.78, 5) is 23.2. The Morgan fingerprint density at radius 2 is 2.00 bits per heavy atom. The van der Waals surface area contributed by atoms with E-state index < -0.39 is 12.1 Å². The highest BCUT2D eigenvalue weighted by atomic mass is 16.5. The minimum atomic E-state index is -0.559. The van der Waals surface area contributed by atoms with Gasteiger partial charge < -0.3 is 9.47 Å². The van der Waals surface area contributed by atoms with E-state index in [0.29, 0.717) is 12.8 Å². The van der Waals surface area contributed by atoms with Crippen molar-refractivity contribution in [1.29, 1.82) is 0 Å². The maximum atomic E-state index is 11.7. The molecule has 1 atom stereocenters. The average molecular weight is 274 g/mol. The lowest BCUT2D eigenvalue weighted by Gasteiger charge is -2.19. The molecule has 0 aliphatic heterocycles. The number of rotatable bonds is 4. The van der Waals surface area contributed by atoms with Gasteiger partial charge in [0.1, 0.15) is 5.75 Å². The number of ether oxygens (including phenoxy) is 2. The van der Waals surface area contributed by atoms with Gasteiger partial charge in [0, 0.05) is 12.5 Å². The molecule has 0 bridgehead atoms. The lowest BCUT2D eigenvalue weighted by Crippen LogP contribution is -2.29. The molecule has 4 nitrogen and oxygen atoms in total. The van der Waals surface area contributed by atoms with E-state index in [1.54, 1.807) is 13.2 Å². The van der Waals surface area contributed by atoms with Gasteiger partial charge >= 0.3 is 5.97 Å². The number of benzene rings is 1. The number of carbonyl (C=O) groups excluding carboxylic acids is 2. The SMILES string of the molecule is COc1ccc(/C=C/C(=O)O[C@H]2CCCCC2=O)cc1. The minimum Gasteiger partial charge on any atom is -0.497 e. The first-order valence-corrected chi connectivity index (χ1v) is 6.74. The number of hydrogen-bond acceptors (Lipinski definition) is 4. The number of carbonyl (C=O) groups is 2. The van der Waals surface area contributed by atoms with Gasteiger partial charge in [0.25, 0.3) is 0 Å². The van der Waals surface area contributed by atoms with Gasteiger partial charge in [-0.3, -0.25) is 4.79 Å². The van der Waals surface area contributed by atoms with Gasteiger partial charge in [0.15, 0.2) is 11.9 Å². The molecule has 106 valence electrons. The molecular weight excluding hydrogens is 256 g/mol. The van der Waals surface area contributed by atoms with Crippen LogP contribution in [-0.2, 0) is 14.3 Å². The van der Waals surface area contributed by atoms with E-state index in [-0.39, 0.29) is 5.78 Å². The number of ketones is 1. The highest BCUT2D eigenvalue weighted by Crippen LogP contribution is 2.18. The quantitative estimate of drug-likeness (QED) is 0.626. The third-order valence-corrected chi connectivity index (χ3v) is 3.28. The summed E-state index contributed by atoms with van der Waals surface area (Å²) in [5.41, 5.74) is 0.873. The van der Waals surface area contributed by atoms with Gasteiger partial charge in [-0.2, -0.15) is 0 Å². The lowest BCUT2D eigenvalue weighted by atomic mass is 9.96. The number of hydrogen-bond donors (Lipinski definition) is 0. The largest absolute Gasteiger partial charge is 0.497 e. The number of methoxy groups -OCH3 is 1. The van der Waals surface area contributed by atoms with Crippen LogP contribution in [0.5, 0.6) is 5.75 Å². The molecule has 0 unspecified atom stereocenters. The molecule has 0 spiro atoms. The van der Waals surface area contributed by atoms with Crippen molar-refractivity contribution in [2.24, 2.45) is 0 Å². The summed E-state index contributed by atoms with van der Waals surface area (Å²) in [6.45, 7) is 0. The third-order valence-electron chi connectivity index (χ3n) is 3.28. The first-order chi connectivity index (χ1) is 9.69. The first-order valence-electron chi connectivity index (χ1n) is 6.74. The third kappa shape index (κ3) is 3.95. The molecule has 0 amide bonds. The predicted molar refractivity (Wildman–Crippen MR) is 75.4 cm³/mol. The molecule has 1 saturated carbocycles. The van der Waals surface area contributed by atoms with Crippen LogP contribution in [0.15, 0.2) is 30.3 Å². The second kappa shape index (κ2) is 6.89. The molecule has 20 heavy (non-hydrogen) atoms. The van der Waals surface area contributed by atoms with E-state index in [1.165, 1.54) is 6.08 Å². The Labute approximate surface area is 118 Å².